The second-order valence-corrected chi connectivity index (χ2v) is 11.1. The Balaban J connectivity index is 1.01. The summed E-state index contributed by atoms with van der Waals surface area (Å²) in [5.74, 6) is -0.341. The summed E-state index contributed by atoms with van der Waals surface area (Å²) in [5.41, 5.74) is 1.06. The monoisotopic (exact) mass is 489 g/mol. The van der Waals surface area contributed by atoms with E-state index in [4.69, 9.17) is 4.52 Å². The van der Waals surface area contributed by atoms with E-state index in [0.717, 1.165) is 89.2 Å². The van der Waals surface area contributed by atoms with Crippen LogP contribution in [0.15, 0.2) is 16.7 Å². The summed E-state index contributed by atoms with van der Waals surface area (Å²) in [6, 6.07) is 2.59. The Morgan fingerprint density at radius 3 is 2.46 bits per heavy atom. The van der Waals surface area contributed by atoms with Gasteiger partial charge in [0.05, 0.1) is 11.8 Å². The smallest absolute Gasteiger partial charge is 0.220 e. The van der Waals surface area contributed by atoms with E-state index in [1.165, 1.54) is 12.5 Å². The normalized spacial score (nSPS) is 28.5. The van der Waals surface area contributed by atoms with E-state index in [1.54, 1.807) is 0 Å². The summed E-state index contributed by atoms with van der Waals surface area (Å²) in [7, 11) is 0. The molecule has 3 fully saturated rings. The molecule has 8 heteroatoms. The van der Waals surface area contributed by atoms with Crippen molar-refractivity contribution >= 4 is 16.9 Å². The fourth-order valence-electron chi connectivity index (χ4n) is 6.42. The van der Waals surface area contributed by atoms with Crippen molar-refractivity contribution in [1.82, 2.24) is 15.4 Å². The summed E-state index contributed by atoms with van der Waals surface area (Å²) in [6.07, 6.45) is 10.4. The molecule has 2 atom stereocenters. The number of nitrogens with one attached hydrogen (secondary N) is 1. The molecule has 2 aliphatic carbocycles. The first kappa shape index (κ1) is 24.6. The quantitative estimate of drug-likeness (QED) is 0.578. The van der Waals surface area contributed by atoms with Gasteiger partial charge in [-0.1, -0.05) is 5.16 Å². The SMILES string of the molecule is O=C(CC1CCC(O)C1)NC1CCC(CCN2CCC(c3noc4cc(F)c(F)cc34)CC2)CC1. The van der Waals surface area contributed by atoms with Crippen LogP contribution in [-0.2, 0) is 4.79 Å². The molecule has 0 bridgehead atoms. The molecule has 0 spiro atoms. The van der Waals surface area contributed by atoms with Crippen LogP contribution in [0.4, 0.5) is 8.78 Å². The van der Waals surface area contributed by atoms with Crippen molar-refractivity contribution in [2.45, 2.75) is 88.7 Å². The summed E-state index contributed by atoms with van der Waals surface area (Å²) in [6.45, 7) is 3.03. The molecule has 1 aromatic heterocycles. The molecule has 0 radical (unpaired) electrons. The zero-order chi connectivity index (χ0) is 24.4. The van der Waals surface area contributed by atoms with E-state index in [1.807, 2.05) is 0 Å². The standard InChI is InChI=1S/C27H37F2N3O3/c28-23-15-22-25(16-24(23)29)35-31-27(22)19-8-11-32(12-9-19)10-7-17-1-4-20(5-2-17)30-26(34)14-18-3-6-21(33)13-18/h15-21,33H,1-14H2,(H,30,34). The molecule has 2 aromatic rings. The van der Waals surface area contributed by atoms with Crippen molar-refractivity contribution in [3.63, 3.8) is 0 Å². The lowest BCUT2D eigenvalue weighted by Gasteiger charge is -2.34. The largest absolute Gasteiger partial charge is 0.393 e. The van der Waals surface area contributed by atoms with Crippen molar-refractivity contribution in [3.05, 3.63) is 29.5 Å². The van der Waals surface area contributed by atoms with Crippen LogP contribution in [-0.4, -0.2) is 52.9 Å². The Bertz CT molecular complexity index is 1010. The highest BCUT2D eigenvalue weighted by Gasteiger charge is 2.29. The number of fused-ring (bicyclic) bond motifs is 1. The van der Waals surface area contributed by atoms with Gasteiger partial charge in [0.15, 0.2) is 17.2 Å². The maximum Gasteiger partial charge on any atom is 0.220 e. The number of benzene rings is 1. The van der Waals surface area contributed by atoms with Crippen molar-refractivity contribution in [2.75, 3.05) is 19.6 Å². The van der Waals surface area contributed by atoms with Gasteiger partial charge in [0.2, 0.25) is 5.91 Å². The highest BCUT2D eigenvalue weighted by molar-refractivity contribution is 5.80. The third-order valence-corrected chi connectivity index (χ3v) is 8.57. The predicted molar refractivity (Wildman–Crippen MR) is 129 cm³/mol. The van der Waals surface area contributed by atoms with Crippen LogP contribution in [0, 0.1) is 23.5 Å². The number of carbonyl (C=O) groups excluding carboxylic acids is 1. The maximum absolute atomic E-state index is 13.7. The molecule has 2 heterocycles. The van der Waals surface area contributed by atoms with E-state index in [2.05, 4.69) is 15.4 Å². The zero-order valence-corrected chi connectivity index (χ0v) is 20.4. The first-order chi connectivity index (χ1) is 16.9. The molecule has 5 rings (SSSR count). The predicted octanol–water partition coefficient (Wildman–Crippen LogP) is 4.90. The van der Waals surface area contributed by atoms with Crippen LogP contribution in [0.3, 0.4) is 0 Å². The topological polar surface area (TPSA) is 78.6 Å². The van der Waals surface area contributed by atoms with E-state index in [9.17, 15) is 18.7 Å². The number of aliphatic hydroxyl groups excluding tert-OH is 1. The first-order valence-corrected chi connectivity index (χ1v) is 13.4. The Labute approximate surface area is 205 Å². The third kappa shape index (κ3) is 6.02. The van der Waals surface area contributed by atoms with Crippen LogP contribution in [0.25, 0.3) is 11.0 Å². The summed E-state index contributed by atoms with van der Waals surface area (Å²) >= 11 is 0. The maximum atomic E-state index is 13.7. The van der Waals surface area contributed by atoms with Gasteiger partial charge in [0.1, 0.15) is 0 Å². The van der Waals surface area contributed by atoms with E-state index in [-0.39, 0.29) is 17.9 Å². The number of piperidine rings is 1. The Morgan fingerprint density at radius 1 is 1.03 bits per heavy atom. The Hall–Kier alpha value is -2.06. The molecule has 35 heavy (non-hydrogen) atoms. The van der Waals surface area contributed by atoms with E-state index >= 15 is 0 Å². The van der Waals surface area contributed by atoms with Gasteiger partial charge in [-0.25, -0.2) is 8.78 Å². The number of carbonyl (C=O) groups is 1. The van der Waals surface area contributed by atoms with Gasteiger partial charge < -0.3 is 19.8 Å². The van der Waals surface area contributed by atoms with Crippen molar-refractivity contribution in [2.24, 2.45) is 11.8 Å². The number of amides is 1. The van der Waals surface area contributed by atoms with Crippen LogP contribution >= 0.6 is 0 Å². The minimum absolute atomic E-state index is 0.156. The van der Waals surface area contributed by atoms with Crippen LogP contribution in [0.1, 0.15) is 82.2 Å². The molecule has 1 amide bonds. The molecule has 2 unspecified atom stereocenters. The highest BCUT2D eigenvalue weighted by Crippen LogP contribution is 2.34. The number of hydrogen-bond donors (Lipinski definition) is 2. The number of hydrogen-bond acceptors (Lipinski definition) is 5. The third-order valence-electron chi connectivity index (χ3n) is 8.57. The molecule has 192 valence electrons. The number of nitrogens with zero attached hydrogens (tertiary/aromatic N) is 2. The van der Waals surface area contributed by atoms with Crippen molar-refractivity contribution in [1.29, 1.82) is 0 Å². The van der Waals surface area contributed by atoms with Gasteiger partial charge in [-0.15, -0.1) is 0 Å². The van der Waals surface area contributed by atoms with Crippen molar-refractivity contribution < 1.29 is 23.2 Å². The molecule has 1 saturated heterocycles. The lowest BCUT2D eigenvalue weighted by Crippen LogP contribution is -2.39. The molecule has 3 aliphatic rings. The number of halogens is 2. The van der Waals surface area contributed by atoms with E-state index < -0.39 is 11.6 Å². The second kappa shape index (κ2) is 10.9. The summed E-state index contributed by atoms with van der Waals surface area (Å²) in [5, 5.41) is 17.6. The number of likely N-dealkylation sites (tertiary alicyclic amines) is 1. The lowest BCUT2D eigenvalue weighted by atomic mass is 9.83. The minimum Gasteiger partial charge on any atom is -0.393 e. The fraction of sp³-hybridized carbons (Fsp3) is 0.704. The second-order valence-electron chi connectivity index (χ2n) is 11.1. The van der Waals surface area contributed by atoms with Gasteiger partial charge in [-0.3, -0.25) is 4.79 Å². The molecule has 1 aliphatic heterocycles. The average molecular weight is 490 g/mol. The van der Waals surface area contributed by atoms with Gasteiger partial charge >= 0.3 is 0 Å². The minimum atomic E-state index is -0.906. The lowest BCUT2D eigenvalue weighted by molar-refractivity contribution is -0.123. The van der Waals surface area contributed by atoms with E-state index in [0.29, 0.717) is 35.3 Å². The molecule has 2 N–H and O–H groups in total. The van der Waals surface area contributed by atoms with Gasteiger partial charge in [-0.2, -0.15) is 0 Å². The van der Waals surface area contributed by atoms with Gasteiger partial charge in [0, 0.05) is 29.8 Å². The van der Waals surface area contributed by atoms with Crippen LogP contribution in [0.2, 0.25) is 0 Å². The summed E-state index contributed by atoms with van der Waals surface area (Å²) in [4.78, 5) is 14.9. The average Bonchev–Trinajstić information content (AvgIpc) is 3.44. The van der Waals surface area contributed by atoms with Crippen LogP contribution < -0.4 is 5.32 Å². The van der Waals surface area contributed by atoms with Crippen molar-refractivity contribution in [3.8, 4) is 0 Å². The molecule has 2 saturated carbocycles. The fourth-order valence-corrected chi connectivity index (χ4v) is 6.42. The number of aromatic nitrogens is 1. The van der Waals surface area contributed by atoms with Gasteiger partial charge in [-0.05, 0) is 102 Å². The Morgan fingerprint density at radius 2 is 1.74 bits per heavy atom. The first-order valence-electron chi connectivity index (χ1n) is 13.4. The Kier molecular flexibility index (Phi) is 7.68. The molecular formula is C27H37F2N3O3. The molecular weight excluding hydrogens is 452 g/mol. The molecule has 6 nitrogen and oxygen atoms in total. The number of aliphatic hydroxyl groups is 1. The number of rotatable bonds is 7. The highest BCUT2D eigenvalue weighted by atomic mass is 19.2. The zero-order valence-electron chi connectivity index (χ0n) is 20.4. The summed E-state index contributed by atoms with van der Waals surface area (Å²) < 4.78 is 32.4. The van der Waals surface area contributed by atoms with Gasteiger partial charge in [0.25, 0.3) is 0 Å². The van der Waals surface area contributed by atoms with Crippen LogP contribution in [0.5, 0.6) is 0 Å². The molecule has 1 aromatic carbocycles.